The van der Waals surface area contributed by atoms with E-state index in [-0.39, 0.29) is 17.6 Å². The zero-order valence-electron chi connectivity index (χ0n) is 15.3. The average molecular weight is 386 g/mol. The molecule has 3 rings (SSSR count). The number of halogens is 1. The van der Waals surface area contributed by atoms with E-state index in [1.165, 1.54) is 43.1 Å². The maximum atomic E-state index is 10.8. The molecule has 0 amide bonds. The Labute approximate surface area is 158 Å². The van der Waals surface area contributed by atoms with E-state index in [4.69, 9.17) is 11.6 Å². The third-order valence-electron chi connectivity index (χ3n) is 5.44. The molecule has 0 radical (unpaired) electrons. The summed E-state index contributed by atoms with van der Waals surface area (Å²) in [7, 11) is 0. The van der Waals surface area contributed by atoms with Gasteiger partial charge in [0.2, 0.25) is 0 Å². The van der Waals surface area contributed by atoms with Gasteiger partial charge in [0.1, 0.15) is 6.20 Å². The molecule has 0 aromatic carbocycles. The number of hydrogen-bond acceptors (Lipinski definition) is 6. The lowest BCUT2D eigenvalue weighted by Crippen LogP contribution is -2.51. The van der Waals surface area contributed by atoms with Gasteiger partial charge in [-0.15, -0.1) is 0 Å². The topological polar surface area (TPSA) is 87.7 Å². The quantitative estimate of drug-likeness (QED) is 0.596. The minimum Gasteiger partial charge on any atom is -0.387 e. The van der Waals surface area contributed by atoms with Crippen LogP contribution in [0.5, 0.6) is 0 Å². The highest BCUT2D eigenvalue weighted by atomic mass is 35.5. The van der Waals surface area contributed by atoms with Crippen molar-refractivity contribution in [1.29, 1.82) is 0 Å². The Balaban J connectivity index is 1.51. The van der Waals surface area contributed by atoms with E-state index in [0.717, 1.165) is 25.9 Å². The van der Waals surface area contributed by atoms with Gasteiger partial charge < -0.3 is 25.0 Å². The number of piperidine rings is 2. The first kappa shape index (κ1) is 19.5. The maximum absolute atomic E-state index is 10.8. The summed E-state index contributed by atoms with van der Waals surface area (Å²) < 4.78 is 1.44. The van der Waals surface area contributed by atoms with Gasteiger partial charge in [-0.2, -0.15) is 0 Å². The molecule has 9 heteroatoms. The summed E-state index contributed by atoms with van der Waals surface area (Å²) >= 11 is 5.96. The zero-order valence-corrected chi connectivity index (χ0v) is 16.1. The number of aromatic nitrogens is 2. The van der Waals surface area contributed by atoms with Gasteiger partial charge in [-0.25, -0.2) is 0 Å². The SMILES string of the molecule is C[C@](O)(CN1CCC(N2CCCCC2)CC1)Cn1cc([N+](=O)[O-])nc1Cl. The summed E-state index contributed by atoms with van der Waals surface area (Å²) in [5.74, 6) is -0.298. The number of likely N-dealkylation sites (tertiary alicyclic amines) is 2. The summed E-state index contributed by atoms with van der Waals surface area (Å²) in [6.07, 6.45) is 7.52. The van der Waals surface area contributed by atoms with Crippen molar-refractivity contribution < 1.29 is 10.0 Å². The molecule has 0 aliphatic carbocycles. The third kappa shape index (κ3) is 4.94. The largest absolute Gasteiger partial charge is 0.387 e. The van der Waals surface area contributed by atoms with E-state index < -0.39 is 10.5 Å². The summed E-state index contributed by atoms with van der Waals surface area (Å²) in [4.78, 5) is 18.8. The molecule has 0 unspecified atom stereocenters. The van der Waals surface area contributed by atoms with E-state index in [9.17, 15) is 15.2 Å². The Morgan fingerprint density at radius 3 is 2.50 bits per heavy atom. The molecule has 0 saturated carbocycles. The maximum Gasteiger partial charge on any atom is 0.383 e. The second-order valence-electron chi connectivity index (χ2n) is 7.85. The minimum absolute atomic E-state index is 0.0285. The van der Waals surface area contributed by atoms with Gasteiger partial charge in [-0.3, -0.25) is 4.57 Å². The first-order chi connectivity index (χ1) is 12.3. The second kappa shape index (κ2) is 8.21. The molecule has 1 N–H and O–H groups in total. The Morgan fingerprint density at radius 2 is 1.92 bits per heavy atom. The molecule has 2 saturated heterocycles. The number of aliphatic hydroxyl groups is 1. The molecular formula is C17H28ClN5O3. The summed E-state index contributed by atoms with van der Waals surface area (Å²) in [5.41, 5.74) is -1.03. The molecule has 0 spiro atoms. The van der Waals surface area contributed by atoms with Crippen LogP contribution in [0, 0.1) is 10.1 Å². The Bertz CT molecular complexity index is 622. The summed E-state index contributed by atoms with van der Waals surface area (Å²) in [5, 5.41) is 21.6. The van der Waals surface area contributed by atoms with Crippen LogP contribution in [0.15, 0.2) is 6.20 Å². The van der Waals surface area contributed by atoms with Crippen LogP contribution in [-0.2, 0) is 6.54 Å². The fraction of sp³-hybridized carbons (Fsp3) is 0.824. The van der Waals surface area contributed by atoms with Crippen molar-refractivity contribution in [2.75, 3.05) is 32.7 Å². The number of nitrogens with zero attached hydrogens (tertiary/aromatic N) is 5. The Kier molecular flexibility index (Phi) is 6.17. The highest BCUT2D eigenvalue weighted by Gasteiger charge is 2.31. The molecule has 8 nitrogen and oxygen atoms in total. The molecule has 1 atom stereocenters. The van der Waals surface area contributed by atoms with Crippen molar-refractivity contribution in [2.45, 2.75) is 57.2 Å². The standard InChI is InChI=1S/C17H28ClN5O3/c1-17(24,13-22-11-15(23(25)26)19-16(22)18)12-20-9-5-14(6-10-20)21-7-3-2-4-8-21/h11,14,24H,2-10,12-13H2,1H3/t17-/m0/s1. The Morgan fingerprint density at radius 1 is 1.27 bits per heavy atom. The number of nitro groups is 1. The number of rotatable bonds is 6. The average Bonchev–Trinajstić information content (AvgIpc) is 2.96. The van der Waals surface area contributed by atoms with E-state index >= 15 is 0 Å². The van der Waals surface area contributed by atoms with Crippen molar-refractivity contribution in [3.8, 4) is 0 Å². The molecule has 1 aromatic heterocycles. The molecule has 26 heavy (non-hydrogen) atoms. The molecule has 0 bridgehead atoms. The van der Waals surface area contributed by atoms with Crippen LogP contribution in [-0.4, -0.2) is 73.7 Å². The molecule has 2 aliphatic rings. The zero-order chi connectivity index (χ0) is 18.7. The lowest BCUT2D eigenvalue weighted by atomic mass is 9.98. The first-order valence-corrected chi connectivity index (χ1v) is 9.78. The van der Waals surface area contributed by atoms with E-state index in [2.05, 4.69) is 14.8 Å². The van der Waals surface area contributed by atoms with Crippen LogP contribution >= 0.6 is 11.6 Å². The fourth-order valence-corrected chi connectivity index (χ4v) is 4.40. The van der Waals surface area contributed by atoms with Crippen LogP contribution in [0.4, 0.5) is 5.82 Å². The molecule has 2 aliphatic heterocycles. The van der Waals surface area contributed by atoms with Gasteiger partial charge in [0.25, 0.3) is 0 Å². The van der Waals surface area contributed by atoms with Gasteiger partial charge in [0, 0.05) is 12.6 Å². The van der Waals surface area contributed by atoms with Crippen molar-refractivity contribution in [2.24, 2.45) is 0 Å². The summed E-state index contributed by atoms with van der Waals surface area (Å²) in [6, 6.07) is 0.669. The molecule has 2 fully saturated rings. The van der Waals surface area contributed by atoms with Crippen LogP contribution in [0.1, 0.15) is 39.0 Å². The predicted molar refractivity (Wildman–Crippen MR) is 99.4 cm³/mol. The van der Waals surface area contributed by atoms with E-state index in [1.54, 1.807) is 6.92 Å². The Hall–Kier alpha value is -1.22. The third-order valence-corrected chi connectivity index (χ3v) is 5.74. The highest BCUT2D eigenvalue weighted by Crippen LogP contribution is 2.23. The lowest BCUT2D eigenvalue weighted by Gasteiger charge is -2.41. The highest BCUT2D eigenvalue weighted by molar-refractivity contribution is 6.28. The van der Waals surface area contributed by atoms with Crippen molar-refractivity contribution >= 4 is 17.4 Å². The van der Waals surface area contributed by atoms with E-state index in [0.29, 0.717) is 12.6 Å². The normalized spacial score (nSPS) is 23.0. The smallest absolute Gasteiger partial charge is 0.383 e. The van der Waals surface area contributed by atoms with E-state index in [1.807, 2.05) is 0 Å². The summed E-state index contributed by atoms with van der Waals surface area (Å²) in [6.45, 7) is 6.82. The first-order valence-electron chi connectivity index (χ1n) is 9.40. The molecular weight excluding hydrogens is 358 g/mol. The monoisotopic (exact) mass is 385 g/mol. The molecule has 3 heterocycles. The lowest BCUT2D eigenvalue weighted by molar-refractivity contribution is -0.389. The number of β-amino-alcohol motifs (C(OH)–C–C–N with tert-alkyl or cyclic N) is 1. The fourth-order valence-electron chi connectivity index (χ4n) is 4.20. The van der Waals surface area contributed by atoms with Gasteiger partial charge in [0.05, 0.1) is 12.1 Å². The van der Waals surface area contributed by atoms with Crippen molar-refractivity contribution in [3.05, 3.63) is 21.6 Å². The second-order valence-corrected chi connectivity index (χ2v) is 8.19. The number of hydrogen-bond donors (Lipinski definition) is 1. The van der Waals surface area contributed by atoms with Gasteiger partial charge >= 0.3 is 11.1 Å². The van der Waals surface area contributed by atoms with Crippen LogP contribution < -0.4 is 0 Å². The molecule has 146 valence electrons. The van der Waals surface area contributed by atoms with Crippen molar-refractivity contribution in [3.63, 3.8) is 0 Å². The van der Waals surface area contributed by atoms with Crippen LogP contribution in [0.2, 0.25) is 5.28 Å². The van der Waals surface area contributed by atoms with Crippen LogP contribution in [0.25, 0.3) is 0 Å². The number of imidazole rings is 1. The van der Waals surface area contributed by atoms with Gasteiger partial charge in [0.15, 0.2) is 0 Å². The minimum atomic E-state index is -1.03. The van der Waals surface area contributed by atoms with Crippen LogP contribution in [0.3, 0.4) is 0 Å². The van der Waals surface area contributed by atoms with Gasteiger partial charge in [-0.1, -0.05) is 6.42 Å². The van der Waals surface area contributed by atoms with Crippen molar-refractivity contribution in [1.82, 2.24) is 19.4 Å². The van der Waals surface area contributed by atoms with Gasteiger partial charge in [-0.05, 0) is 80.3 Å². The molecule has 1 aromatic rings. The predicted octanol–water partition coefficient (Wildman–Crippen LogP) is 2.15.